The highest BCUT2D eigenvalue weighted by atomic mass is 19.3. The minimum absolute atomic E-state index is 0. The SMILES string of the molecule is CCc1cc2cc(NC(=O)C3(c4ccc5c(c4)OC(F)(F)O5)CC3)ccc2n1C[C@H](O)CO.[HH]. The highest BCUT2D eigenvalue weighted by Gasteiger charge is 2.52. The molecule has 1 amide bonds. The van der Waals surface area contributed by atoms with Gasteiger partial charge in [0, 0.05) is 23.7 Å². The molecule has 9 heteroatoms. The molecule has 1 aliphatic carbocycles. The molecular weight excluding hydrogens is 434 g/mol. The smallest absolute Gasteiger partial charge is 0.395 e. The Hall–Kier alpha value is -3.17. The van der Waals surface area contributed by atoms with Gasteiger partial charge >= 0.3 is 6.29 Å². The van der Waals surface area contributed by atoms with E-state index < -0.39 is 17.8 Å². The zero-order chi connectivity index (χ0) is 23.4. The van der Waals surface area contributed by atoms with Crippen molar-refractivity contribution in [2.24, 2.45) is 0 Å². The average molecular weight is 460 g/mol. The number of ether oxygens (including phenoxy) is 2. The number of carbonyl (C=O) groups is 1. The molecule has 2 aliphatic rings. The molecule has 0 bridgehead atoms. The van der Waals surface area contributed by atoms with Crippen LogP contribution in [0.3, 0.4) is 0 Å². The molecular formula is C24H26F2N2O5. The zero-order valence-corrected chi connectivity index (χ0v) is 18.0. The van der Waals surface area contributed by atoms with Gasteiger partial charge in [-0.25, -0.2) is 0 Å². The van der Waals surface area contributed by atoms with E-state index in [4.69, 9.17) is 0 Å². The Kier molecular flexibility index (Phi) is 5.06. The molecule has 33 heavy (non-hydrogen) atoms. The van der Waals surface area contributed by atoms with Gasteiger partial charge in [0.25, 0.3) is 0 Å². The first-order chi connectivity index (χ1) is 15.7. The van der Waals surface area contributed by atoms with Gasteiger partial charge in [-0.1, -0.05) is 13.0 Å². The maximum atomic E-state index is 13.3. The molecule has 1 atom stereocenters. The maximum Gasteiger partial charge on any atom is 0.586 e. The Morgan fingerprint density at radius 1 is 1.18 bits per heavy atom. The lowest BCUT2D eigenvalue weighted by molar-refractivity contribution is -0.286. The first kappa shape index (κ1) is 21.7. The summed E-state index contributed by atoms with van der Waals surface area (Å²) in [5, 5.41) is 23.0. The van der Waals surface area contributed by atoms with Crippen LogP contribution >= 0.6 is 0 Å². The second-order valence-corrected chi connectivity index (χ2v) is 8.58. The number of hydrogen-bond donors (Lipinski definition) is 3. The molecule has 3 aromatic rings. The number of aliphatic hydroxyl groups excluding tert-OH is 2. The van der Waals surface area contributed by atoms with Crippen molar-refractivity contribution >= 4 is 22.5 Å². The molecule has 2 aromatic carbocycles. The lowest BCUT2D eigenvalue weighted by Crippen LogP contribution is -2.28. The second-order valence-electron chi connectivity index (χ2n) is 8.58. The van der Waals surface area contributed by atoms with Crippen LogP contribution in [0.2, 0.25) is 0 Å². The van der Waals surface area contributed by atoms with E-state index in [0.717, 1.165) is 23.0 Å². The molecule has 5 rings (SSSR count). The number of benzene rings is 2. The second kappa shape index (κ2) is 7.71. The van der Waals surface area contributed by atoms with Crippen LogP contribution in [0.25, 0.3) is 10.9 Å². The molecule has 0 radical (unpaired) electrons. The molecule has 1 aliphatic heterocycles. The highest BCUT2D eigenvalue weighted by Crippen LogP contribution is 2.52. The van der Waals surface area contributed by atoms with E-state index in [1.54, 1.807) is 12.1 Å². The van der Waals surface area contributed by atoms with Crippen LogP contribution in [-0.2, 0) is 23.2 Å². The van der Waals surface area contributed by atoms with Gasteiger partial charge in [0.2, 0.25) is 5.91 Å². The van der Waals surface area contributed by atoms with Crippen LogP contribution < -0.4 is 14.8 Å². The number of halogens is 2. The summed E-state index contributed by atoms with van der Waals surface area (Å²) in [5.74, 6) is -0.331. The molecule has 1 fully saturated rings. The molecule has 176 valence electrons. The molecule has 1 saturated carbocycles. The fourth-order valence-corrected chi connectivity index (χ4v) is 4.45. The van der Waals surface area contributed by atoms with E-state index in [0.29, 0.717) is 24.1 Å². The summed E-state index contributed by atoms with van der Waals surface area (Å²) in [6, 6.07) is 12.0. The Balaban J connectivity index is 0.00000274. The van der Waals surface area contributed by atoms with Gasteiger partial charge in [-0.15, -0.1) is 8.78 Å². The van der Waals surface area contributed by atoms with Crippen LogP contribution in [0.4, 0.5) is 14.5 Å². The Bertz CT molecular complexity index is 1240. The van der Waals surface area contributed by atoms with Gasteiger partial charge in [0.05, 0.1) is 24.7 Å². The Morgan fingerprint density at radius 2 is 1.94 bits per heavy atom. The number of hydrogen-bond acceptors (Lipinski definition) is 5. The fraction of sp³-hybridized carbons (Fsp3) is 0.375. The number of aromatic nitrogens is 1. The molecule has 1 aromatic heterocycles. The number of anilines is 1. The first-order valence-corrected chi connectivity index (χ1v) is 10.9. The monoisotopic (exact) mass is 460 g/mol. The van der Waals surface area contributed by atoms with Gasteiger partial charge in [0.1, 0.15) is 0 Å². The van der Waals surface area contributed by atoms with Crippen LogP contribution in [0, 0.1) is 0 Å². The standard InChI is InChI=1S/C24H24F2N2O5.H2/c1-2-17-10-14-9-16(4-5-19(14)28(17)12-18(30)13-29)27-22(31)23(7-8-23)15-3-6-20-21(11-15)33-24(25,26)32-20;/h3-6,9-11,18,29-30H,2,7-8,12-13H2,1H3,(H,27,31);1H/t18-;/m0./s1. The minimum atomic E-state index is -3.70. The lowest BCUT2D eigenvalue weighted by Gasteiger charge is -2.17. The number of fused-ring (bicyclic) bond motifs is 2. The first-order valence-electron chi connectivity index (χ1n) is 10.9. The van der Waals surface area contributed by atoms with E-state index in [-0.39, 0.29) is 32.0 Å². The van der Waals surface area contributed by atoms with Crippen molar-refractivity contribution in [2.75, 3.05) is 11.9 Å². The number of alkyl halides is 2. The third-order valence-corrected chi connectivity index (χ3v) is 6.35. The predicted molar refractivity (Wildman–Crippen MR) is 119 cm³/mol. The van der Waals surface area contributed by atoms with E-state index in [2.05, 4.69) is 14.8 Å². The van der Waals surface area contributed by atoms with E-state index in [1.807, 2.05) is 29.7 Å². The predicted octanol–water partition coefficient (Wildman–Crippen LogP) is 3.79. The van der Waals surface area contributed by atoms with Gasteiger partial charge < -0.3 is 29.6 Å². The number of aryl methyl sites for hydroxylation is 1. The van der Waals surface area contributed by atoms with Crippen LogP contribution in [0.1, 0.15) is 32.4 Å². The van der Waals surface area contributed by atoms with Crippen molar-refractivity contribution in [3.63, 3.8) is 0 Å². The number of aliphatic hydroxyl groups is 2. The number of amides is 1. The van der Waals surface area contributed by atoms with Crippen molar-refractivity contribution < 1.29 is 34.7 Å². The Labute approximate surface area is 190 Å². The van der Waals surface area contributed by atoms with Crippen molar-refractivity contribution in [1.29, 1.82) is 0 Å². The normalized spacial score (nSPS) is 18.3. The summed E-state index contributed by atoms with van der Waals surface area (Å²) in [6.07, 6.45) is -2.60. The number of nitrogens with one attached hydrogen (secondary N) is 1. The largest absolute Gasteiger partial charge is 0.586 e. The number of nitrogens with zero attached hydrogens (tertiary/aromatic N) is 1. The zero-order valence-electron chi connectivity index (χ0n) is 18.0. The van der Waals surface area contributed by atoms with Crippen LogP contribution in [0.5, 0.6) is 11.5 Å². The summed E-state index contributed by atoms with van der Waals surface area (Å²) < 4.78 is 37.6. The van der Waals surface area contributed by atoms with Gasteiger partial charge in [0.15, 0.2) is 11.5 Å². The van der Waals surface area contributed by atoms with Gasteiger partial charge in [-0.3, -0.25) is 4.79 Å². The molecule has 0 saturated heterocycles. The van der Waals surface area contributed by atoms with E-state index >= 15 is 0 Å². The summed E-state index contributed by atoms with van der Waals surface area (Å²) in [5.41, 5.74) is 2.34. The average Bonchev–Trinajstić information content (AvgIpc) is 3.44. The summed E-state index contributed by atoms with van der Waals surface area (Å²) in [4.78, 5) is 13.2. The lowest BCUT2D eigenvalue weighted by atomic mass is 9.94. The van der Waals surface area contributed by atoms with Gasteiger partial charge in [-0.2, -0.15) is 0 Å². The van der Waals surface area contributed by atoms with Crippen LogP contribution in [-0.4, -0.2) is 39.7 Å². The quantitative estimate of drug-likeness (QED) is 0.499. The minimum Gasteiger partial charge on any atom is -0.395 e. The van der Waals surface area contributed by atoms with Crippen LogP contribution in [0.15, 0.2) is 42.5 Å². The fourth-order valence-electron chi connectivity index (χ4n) is 4.45. The Morgan fingerprint density at radius 3 is 2.64 bits per heavy atom. The third-order valence-electron chi connectivity index (χ3n) is 6.35. The van der Waals surface area contributed by atoms with Crippen molar-refractivity contribution in [3.8, 4) is 11.5 Å². The maximum absolute atomic E-state index is 13.3. The summed E-state index contributed by atoms with van der Waals surface area (Å²) >= 11 is 0. The van der Waals surface area contributed by atoms with E-state index in [1.165, 1.54) is 12.1 Å². The van der Waals surface area contributed by atoms with Gasteiger partial charge in [-0.05, 0) is 61.2 Å². The number of rotatable bonds is 7. The van der Waals surface area contributed by atoms with Crippen molar-refractivity contribution in [2.45, 2.75) is 50.5 Å². The third kappa shape index (κ3) is 3.81. The summed E-state index contributed by atoms with van der Waals surface area (Å²) in [6.45, 7) is 1.97. The molecule has 0 spiro atoms. The highest BCUT2D eigenvalue weighted by molar-refractivity contribution is 6.02. The van der Waals surface area contributed by atoms with Crippen molar-refractivity contribution in [3.05, 3.63) is 53.7 Å². The van der Waals surface area contributed by atoms with E-state index in [9.17, 15) is 23.8 Å². The molecule has 0 unspecified atom stereocenters. The molecule has 3 N–H and O–H groups in total. The molecule has 2 heterocycles. The number of carbonyl (C=O) groups excluding carboxylic acids is 1. The van der Waals surface area contributed by atoms with Crippen molar-refractivity contribution in [1.82, 2.24) is 4.57 Å². The summed E-state index contributed by atoms with van der Waals surface area (Å²) in [7, 11) is 0. The topological polar surface area (TPSA) is 93.0 Å². The molecule has 7 nitrogen and oxygen atoms in total.